The average Bonchev–Trinajstić information content (AvgIpc) is 3.14. The molecule has 0 radical (unpaired) electrons. The van der Waals surface area contributed by atoms with Crippen LogP contribution < -0.4 is 4.90 Å². The van der Waals surface area contributed by atoms with Crippen molar-refractivity contribution in [2.24, 2.45) is 0 Å². The minimum atomic E-state index is -0.970. The smallest absolute Gasteiger partial charge is 0.354 e. The summed E-state index contributed by atoms with van der Waals surface area (Å²) in [5.74, 6) is -0.970. The van der Waals surface area contributed by atoms with Gasteiger partial charge in [0.15, 0.2) is 0 Å². The van der Waals surface area contributed by atoms with Gasteiger partial charge in [-0.15, -0.1) is 0 Å². The fraction of sp³-hybridized carbons (Fsp3) is 0.333. The highest BCUT2D eigenvalue weighted by Gasteiger charge is 2.46. The van der Waals surface area contributed by atoms with E-state index in [0.29, 0.717) is 5.02 Å². The number of anilines is 2. The molecule has 1 saturated carbocycles. The number of carbonyl (C=O) groups is 1. The van der Waals surface area contributed by atoms with Gasteiger partial charge in [-0.05, 0) is 43.2 Å². The first-order valence-corrected chi connectivity index (χ1v) is 8.25. The maximum absolute atomic E-state index is 11.3. The molecule has 1 aliphatic carbocycles. The van der Waals surface area contributed by atoms with Crippen molar-refractivity contribution in [2.45, 2.75) is 31.1 Å². The lowest BCUT2D eigenvalue weighted by Crippen LogP contribution is -2.29. The highest BCUT2D eigenvalue weighted by atomic mass is 35.5. The molecule has 5 heteroatoms. The Balaban J connectivity index is 1.86. The van der Waals surface area contributed by atoms with Crippen molar-refractivity contribution in [3.05, 3.63) is 52.8 Å². The number of nitrogens with zero attached hydrogens (tertiary/aromatic N) is 2. The van der Waals surface area contributed by atoms with E-state index in [2.05, 4.69) is 9.88 Å². The Morgan fingerprint density at radius 3 is 2.70 bits per heavy atom. The number of fused-ring (bicyclic) bond motifs is 2. The molecule has 4 rings (SSSR count). The average molecular weight is 329 g/mol. The van der Waals surface area contributed by atoms with E-state index in [0.717, 1.165) is 36.5 Å². The molecule has 1 aromatic carbocycles. The fourth-order valence-electron chi connectivity index (χ4n) is 3.96. The molecule has 1 aliphatic heterocycles. The second-order valence-electron chi connectivity index (χ2n) is 6.42. The van der Waals surface area contributed by atoms with Gasteiger partial charge in [0.1, 0.15) is 5.69 Å². The predicted molar refractivity (Wildman–Crippen MR) is 89.8 cm³/mol. The Kier molecular flexibility index (Phi) is 3.31. The molecule has 0 unspecified atom stereocenters. The van der Waals surface area contributed by atoms with Crippen LogP contribution in [-0.4, -0.2) is 22.6 Å². The molecule has 0 bridgehead atoms. The van der Waals surface area contributed by atoms with Crippen molar-refractivity contribution in [1.29, 1.82) is 0 Å². The first kappa shape index (κ1) is 14.5. The lowest BCUT2D eigenvalue weighted by Gasteiger charge is -2.25. The van der Waals surface area contributed by atoms with E-state index in [-0.39, 0.29) is 11.1 Å². The normalized spacial score (nSPS) is 18.4. The molecular formula is C18H17ClN2O2. The molecule has 1 aromatic heterocycles. The van der Waals surface area contributed by atoms with E-state index >= 15 is 0 Å². The number of aromatic carboxylic acids is 1. The number of aromatic nitrogens is 1. The third-order valence-corrected chi connectivity index (χ3v) is 5.26. The molecule has 118 valence electrons. The largest absolute Gasteiger partial charge is 0.477 e. The van der Waals surface area contributed by atoms with Crippen molar-refractivity contribution in [1.82, 2.24) is 4.98 Å². The standard InChI is InChI=1S/C18H17ClN2O2/c19-12-4-3-5-13(10-12)21-11-18(8-1-2-9-18)16-15(21)7-6-14(20-16)17(22)23/h3-7,10H,1-2,8-9,11H2,(H,22,23). The van der Waals surface area contributed by atoms with Crippen molar-refractivity contribution >= 4 is 28.9 Å². The number of pyridine rings is 1. The summed E-state index contributed by atoms with van der Waals surface area (Å²) in [7, 11) is 0. The SMILES string of the molecule is O=C(O)c1ccc2c(n1)C1(CCCC1)CN2c1cccc(Cl)c1. The Morgan fingerprint density at radius 2 is 2.00 bits per heavy atom. The number of rotatable bonds is 2. The summed E-state index contributed by atoms with van der Waals surface area (Å²) in [5.41, 5.74) is 3.09. The molecule has 2 aliphatic rings. The van der Waals surface area contributed by atoms with Gasteiger partial charge in [0, 0.05) is 22.7 Å². The van der Waals surface area contributed by atoms with Gasteiger partial charge in [0.2, 0.25) is 0 Å². The Morgan fingerprint density at radius 1 is 1.22 bits per heavy atom. The summed E-state index contributed by atoms with van der Waals surface area (Å²) in [6, 6.07) is 11.3. The molecule has 1 spiro atoms. The number of halogens is 1. The monoisotopic (exact) mass is 328 g/mol. The molecule has 0 atom stereocenters. The summed E-state index contributed by atoms with van der Waals surface area (Å²) in [5, 5.41) is 9.97. The molecular weight excluding hydrogens is 312 g/mol. The highest BCUT2D eigenvalue weighted by Crippen LogP contribution is 2.51. The van der Waals surface area contributed by atoms with Gasteiger partial charge in [-0.25, -0.2) is 9.78 Å². The molecule has 4 nitrogen and oxygen atoms in total. The van der Waals surface area contributed by atoms with Gasteiger partial charge in [-0.3, -0.25) is 0 Å². The van der Waals surface area contributed by atoms with E-state index in [1.807, 2.05) is 30.3 Å². The Hall–Kier alpha value is -2.07. The van der Waals surface area contributed by atoms with Gasteiger partial charge in [0.05, 0.1) is 11.4 Å². The first-order valence-electron chi connectivity index (χ1n) is 7.87. The summed E-state index contributed by atoms with van der Waals surface area (Å²) in [4.78, 5) is 18.0. The summed E-state index contributed by atoms with van der Waals surface area (Å²) in [6.07, 6.45) is 4.46. The number of hydrogen-bond donors (Lipinski definition) is 1. The number of benzene rings is 1. The number of hydrogen-bond acceptors (Lipinski definition) is 3. The molecule has 1 N–H and O–H groups in total. The third kappa shape index (κ3) is 2.29. The minimum Gasteiger partial charge on any atom is -0.477 e. The zero-order valence-electron chi connectivity index (χ0n) is 12.6. The number of carboxylic acids is 1. The van der Waals surface area contributed by atoms with E-state index < -0.39 is 5.97 Å². The summed E-state index contributed by atoms with van der Waals surface area (Å²) in [6.45, 7) is 0.846. The van der Waals surface area contributed by atoms with Crippen LogP contribution in [0.5, 0.6) is 0 Å². The van der Waals surface area contributed by atoms with Crippen LogP contribution in [-0.2, 0) is 5.41 Å². The highest BCUT2D eigenvalue weighted by molar-refractivity contribution is 6.30. The summed E-state index contributed by atoms with van der Waals surface area (Å²) >= 11 is 6.15. The van der Waals surface area contributed by atoms with Crippen LogP contribution >= 0.6 is 11.6 Å². The zero-order valence-corrected chi connectivity index (χ0v) is 13.4. The van der Waals surface area contributed by atoms with Crippen LogP contribution in [0.4, 0.5) is 11.4 Å². The molecule has 0 saturated heterocycles. The van der Waals surface area contributed by atoms with Crippen molar-refractivity contribution < 1.29 is 9.90 Å². The van der Waals surface area contributed by atoms with Crippen LogP contribution in [0.1, 0.15) is 41.9 Å². The maximum atomic E-state index is 11.3. The lowest BCUT2D eigenvalue weighted by molar-refractivity contribution is 0.0690. The van der Waals surface area contributed by atoms with Gasteiger partial charge in [0.25, 0.3) is 0 Å². The fourth-order valence-corrected chi connectivity index (χ4v) is 4.15. The maximum Gasteiger partial charge on any atom is 0.354 e. The minimum absolute atomic E-state index is 0.0247. The van der Waals surface area contributed by atoms with Crippen molar-refractivity contribution in [3.8, 4) is 0 Å². The van der Waals surface area contributed by atoms with Crippen LogP contribution in [0.3, 0.4) is 0 Å². The third-order valence-electron chi connectivity index (χ3n) is 5.03. The number of carboxylic acid groups (broad SMARTS) is 1. The second kappa shape index (κ2) is 5.24. The van der Waals surface area contributed by atoms with Gasteiger partial charge in [-0.1, -0.05) is 30.5 Å². The quantitative estimate of drug-likeness (QED) is 0.888. The summed E-state index contributed by atoms with van der Waals surface area (Å²) < 4.78 is 0. The van der Waals surface area contributed by atoms with E-state index in [1.54, 1.807) is 6.07 Å². The van der Waals surface area contributed by atoms with Crippen molar-refractivity contribution in [3.63, 3.8) is 0 Å². The van der Waals surface area contributed by atoms with Crippen LogP contribution in [0, 0.1) is 0 Å². The van der Waals surface area contributed by atoms with Gasteiger partial charge >= 0.3 is 5.97 Å². The second-order valence-corrected chi connectivity index (χ2v) is 6.86. The van der Waals surface area contributed by atoms with Crippen molar-refractivity contribution in [2.75, 3.05) is 11.4 Å². The molecule has 2 heterocycles. The Labute approximate surface area is 139 Å². The first-order chi connectivity index (χ1) is 11.1. The topological polar surface area (TPSA) is 53.4 Å². The molecule has 2 aromatic rings. The molecule has 1 fully saturated rings. The van der Waals surface area contributed by atoms with Gasteiger partial charge in [-0.2, -0.15) is 0 Å². The predicted octanol–water partition coefficient (Wildman–Crippen LogP) is 4.40. The molecule has 23 heavy (non-hydrogen) atoms. The van der Waals surface area contributed by atoms with E-state index in [9.17, 15) is 9.90 Å². The molecule has 0 amide bonds. The van der Waals surface area contributed by atoms with Crippen LogP contribution in [0.15, 0.2) is 36.4 Å². The van der Waals surface area contributed by atoms with Crippen LogP contribution in [0.25, 0.3) is 0 Å². The van der Waals surface area contributed by atoms with Gasteiger partial charge < -0.3 is 10.0 Å². The van der Waals surface area contributed by atoms with E-state index in [4.69, 9.17) is 11.6 Å². The lowest BCUT2D eigenvalue weighted by atomic mass is 9.84. The Bertz CT molecular complexity index is 784. The van der Waals surface area contributed by atoms with E-state index in [1.165, 1.54) is 12.8 Å². The zero-order chi connectivity index (χ0) is 16.0. The van der Waals surface area contributed by atoms with Crippen LogP contribution in [0.2, 0.25) is 5.02 Å².